The summed E-state index contributed by atoms with van der Waals surface area (Å²) in [5, 5.41) is 14.7. The molecule has 0 aliphatic carbocycles. The summed E-state index contributed by atoms with van der Waals surface area (Å²) in [7, 11) is 0. The number of ether oxygens (including phenoxy) is 1. The maximum absolute atomic E-state index is 12.3. The van der Waals surface area contributed by atoms with Gasteiger partial charge in [-0.05, 0) is 48.6 Å². The number of nitrogens with one attached hydrogen (secondary N) is 1. The van der Waals surface area contributed by atoms with Crippen molar-refractivity contribution in [1.29, 1.82) is 0 Å². The highest BCUT2D eigenvalue weighted by Crippen LogP contribution is 2.37. The molecule has 194 valence electrons. The van der Waals surface area contributed by atoms with E-state index in [4.69, 9.17) is 16.5 Å². The average molecular weight is 520 g/mol. The van der Waals surface area contributed by atoms with Gasteiger partial charge in [0, 0.05) is 31.1 Å². The zero-order valence-corrected chi connectivity index (χ0v) is 20.9. The molecule has 1 atom stereocenters. The van der Waals surface area contributed by atoms with Crippen LogP contribution in [0.1, 0.15) is 53.1 Å². The quantitative estimate of drug-likeness (QED) is 0.321. The first kappa shape index (κ1) is 26.1. The fourth-order valence-corrected chi connectivity index (χ4v) is 5.56. The minimum Gasteiger partial charge on any atom is -0.435 e. The Morgan fingerprint density at radius 2 is 2.00 bits per heavy atom. The van der Waals surface area contributed by atoms with Gasteiger partial charge in [0.05, 0.1) is 11.8 Å². The molecule has 36 heavy (non-hydrogen) atoms. The number of nitrogens with zero attached hydrogens (tertiary/aromatic N) is 2. The van der Waals surface area contributed by atoms with Crippen LogP contribution in [0.25, 0.3) is 10.2 Å². The first-order chi connectivity index (χ1) is 17.3. The van der Waals surface area contributed by atoms with E-state index in [1.807, 2.05) is 0 Å². The third-order valence-electron chi connectivity index (χ3n) is 6.42. The van der Waals surface area contributed by atoms with Crippen LogP contribution in [0.15, 0.2) is 30.3 Å². The number of thiophene rings is 1. The van der Waals surface area contributed by atoms with Crippen molar-refractivity contribution in [3.05, 3.63) is 46.3 Å². The molecule has 0 spiro atoms. The molecule has 1 aliphatic rings. The lowest BCUT2D eigenvalue weighted by Crippen LogP contribution is -2.44. The lowest BCUT2D eigenvalue weighted by atomic mass is 10.0. The second kappa shape index (κ2) is 11.4. The number of rotatable bonds is 10. The highest BCUT2D eigenvalue weighted by molar-refractivity contribution is 7.21. The number of aromatic nitrogens is 1. The number of piperidine rings is 1. The normalized spacial score (nSPS) is 15.5. The van der Waals surface area contributed by atoms with E-state index in [0.717, 1.165) is 60.4 Å². The van der Waals surface area contributed by atoms with Crippen molar-refractivity contribution in [3.63, 3.8) is 0 Å². The molecular formula is C25H31F2N5O3S. The van der Waals surface area contributed by atoms with Crippen molar-refractivity contribution >= 4 is 39.0 Å². The van der Waals surface area contributed by atoms with E-state index in [0.29, 0.717) is 22.7 Å². The molecule has 11 heteroatoms. The number of benzene rings is 1. The molecule has 1 fully saturated rings. The number of hydrogen-bond donors (Lipinski definition) is 4. The van der Waals surface area contributed by atoms with Gasteiger partial charge in [-0.2, -0.15) is 8.78 Å². The van der Waals surface area contributed by atoms with Gasteiger partial charge in [0.25, 0.3) is 5.91 Å². The monoisotopic (exact) mass is 519 g/mol. The zero-order valence-electron chi connectivity index (χ0n) is 20.0. The molecule has 1 aliphatic heterocycles. The van der Waals surface area contributed by atoms with Crippen LogP contribution in [0, 0.1) is 0 Å². The number of pyridine rings is 1. The number of carbonyl (C=O) groups excluding carboxylic acids is 1. The smallest absolute Gasteiger partial charge is 0.387 e. The molecule has 1 amide bonds. The molecule has 1 aromatic carbocycles. The SMILES string of the molecule is CCCc1cc(N2CCC(NCC(O)c3ccc(OC(F)F)cc3)CC2)nc2sc(C(N)=O)c(N)c12. The van der Waals surface area contributed by atoms with Gasteiger partial charge in [-0.25, -0.2) is 4.98 Å². The first-order valence-electron chi connectivity index (χ1n) is 12.0. The lowest BCUT2D eigenvalue weighted by molar-refractivity contribution is -0.0498. The number of hydrogen-bond acceptors (Lipinski definition) is 8. The molecular weight excluding hydrogens is 488 g/mol. The molecule has 0 radical (unpaired) electrons. The number of alkyl halides is 2. The van der Waals surface area contributed by atoms with Crippen molar-refractivity contribution < 1.29 is 23.4 Å². The van der Waals surface area contributed by atoms with Crippen LogP contribution in [-0.2, 0) is 6.42 Å². The number of anilines is 2. The summed E-state index contributed by atoms with van der Waals surface area (Å²) < 4.78 is 28.9. The summed E-state index contributed by atoms with van der Waals surface area (Å²) in [6, 6.07) is 8.32. The Hall–Kier alpha value is -3.02. The molecule has 1 saturated heterocycles. The van der Waals surface area contributed by atoms with E-state index >= 15 is 0 Å². The van der Waals surface area contributed by atoms with Gasteiger partial charge in [0.15, 0.2) is 0 Å². The summed E-state index contributed by atoms with van der Waals surface area (Å²) in [6.07, 6.45) is 2.76. The third-order valence-corrected chi connectivity index (χ3v) is 7.53. The number of amides is 1. The number of primary amides is 1. The van der Waals surface area contributed by atoms with Crippen LogP contribution < -0.4 is 26.4 Å². The van der Waals surface area contributed by atoms with Gasteiger partial charge < -0.3 is 31.5 Å². The van der Waals surface area contributed by atoms with E-state index in [-0.39, 0.29) is 11.8 Å². The number of fused-ring (bicyclic) bond motifs is 1. The van der Waals surface area contributed by atoms with E-state index in [9.17, 15) is 18.7 Å². The second-order valence-electron chi connectivity index (χ2n) is 8.91. The minimum absolute atomic E-state index is 0.0614. The Labute approximate surface area is 212 Å². The topological polar surface area (TPSA) is 127 Å². The van der Waals surface area contributed by atoms with E-state index < -0.39 is 18.6 Å². The lowest BCUT2D eigenvalue weighted by Gasteiger charge is -2.34. The number of nitrogen functional groups attached to an aromatic ring is 1. The van der Waals surface area contributed by atoms with Gasteiger partial charge in [0.2, 0.25) is 0 Å². The van der Waals surface area contributed by atoms with Crippen LogP contribution in [0.3, 0.4) is 0 Å². The van der Waals surface area contributed by atoms with E-state index in [2.05, 4.69) is 27.9 Å². The minimum atomic E-state index is -2.88. The van der Waals surface area contributed by atoms with Crippen molar-refractivity contribution in [1.82, 2.24) is 10.3 Å². The Morgan fingerprint density at radius 3 is 2.61 bits per heavy atom. The number of aryl methyl sites for hydroxylation is 1. The predicted octanol–water partition coefficient (Wildman–Crippen LogP) is 3.82. The molecule has 2 aromatic heterocycles. The fraction of sp³-hybridized carbons (Fsp3) is 0.440. The maximum Gasteiger partial charge on any atom is 0.387 e. The molecule has 3 heterocycles. The first-order valence-corrected chi connectivity index (χ1v) is 12.8. The second-order valence-corrected chi connectivity index (χ2v) is 9.91. The molecule has 0 bridgehead atoms. The molecule has 1 unspecified atom stereocenters. The Morgan fingerprint density at radius 1 is 1.31 bits per heavy atom. The van der Waals surface area contributed by atoms with Gasteiger partial charge in [0.1, 0.15) is 21.3 Å². The molecule has 3 aromatic rings. The molecule has 6 N–H and O–H groups in total. The number of halogens is 2. The van der Waals surface area contributed by atoms with Crippen molar-refractivity contribution in [2.75, 3.05) is 30.3 Å². The summed E-state index contributed by atoms with van der Waals surface area (Å²) in [6.45, 7) is 1.16. The number of aliphatic hydroxyl groups excluding tert-OH is 1. The van der Waals surface area contributed by atoms with Gasteiger partial charge >= 0.3 is 6.61 Å². The largest absolute Gasteiger partial charge is 0.435 e. The van der Waals surface area contributed by atoms with Crippen molar-refractivity contribution in [2.24, 2.45) is 5.73 Å². The van der Waals surface area contributed by atoms with Gasteiger partial charge in [-0.3, -0.25) is 4.79 Å². The van der Waals surface area contributed by atoms with Crippen LogP contribution in [0.2, 0.25) is 0 Å². The highest BCUT2D eigenvalue weighted by Gasteiger charge is 2.24. The van der Waals surface area contributed by atoms with Crippen LogP contribution in [0.4, 0.5) is 20.3 Å². The van der Waals surface area contributed by atoms with Gasteiger partial charge in [-0.1, -0.05) is 25.5 Å². The van der Waals surface area contributed by atoms with Crippen LogP contribution >= 0.6 is 11.3 Å². The van der Waals surface area contributed by atoms with E-state index in [1.54, 1.807) is 12.1 Å². The predicted molar refractivity (Wildman–Crippen MR) is 138 cm³/mol. The summed E-state index contributed by atoms with van der Waals surface area (Å²) >= 11 is 1.24. The number of nitrogens with two attached hydrogens (primary N) is 2. The van der Waals surface area contributed by atoms with Gasteiger partial charge in [-0.15, -0.1) is 11.3 Å². The van der Waals surface area contributed by atoms with Crippen LogP contribution in [0.5, 0.6) is 5.75 Å². The molecule has 8 nitrogen and oxygen atoms in total. The molecule has 4 rings (SSSR count). The van der Waals surface area contributed by atoms with E-state index in [1.165, 1.54) is 23.5 Å². The highest BCUT2D eigenvalue weighted by atomic mass is 32.1. The zero-order chi connectivity index (χ0) is 25.8. The third kappa shape index (κ3) is 5.85. The summed E-state index contributed by atoms with van der Waals surface area (Å²) in [5.74, 6) is 0.394. The van der Waals surface area contributed by atoms with Crippen LogP contribution in [-0.4, -0.2) is 48.3 Å². The Balaban J connectivity index is 1.36. The standard InChI is InChI=1S/C25H31F2N5O3S/c1-2-3-15-12-19(31-24-20(15)21(28)22(36-24)23(29)34)32-10-8-16(9-11-32)30-13-18(33)14-4-6-17(7-5-14)35-25(26)27/h4-7,12,16,18,25,30,33H,2-3,8-11,13,28H2,1H3,(H2,29,34). The summed E-state index contributed by atoms with van der Waals surface area (Å²) in [5.41, 5.74) is 13.9. The number of aliphatic hydroxyl groups is 1. The Bertz CT molecular complexity index is 1200. The Kier molecular flexibility index (Phi) is 8.22. The molecule has 0 saturated carbocycles. The van der Waals surface area contributed by atoms with Crippen molar-refractivity contribution in [3.8, 4) is 5.75 Å². The summed E-state index contributed by atoms with van der Waals surface area (Å²) in [4.78, 5) is 19.9. The number of carbonyl (C=O) groups is 1. The fourth-order valence-electron chi connectivity index (χ4n) is 4.58. The van der Waals surface area contributed by atoms with Crippen molar-refractivity contribution in [2.45, 2.75) is 51.4 Å². The average Bonchev–Trinajstić information content (AvgIpc) is 3.20. The maximum atomic E-state index is 12.3.